The highest BCUT2D eigenvalue weighted by Crippen LogP contribution is 2.41. The number of rotatable bonds is 4. The Labute approximate surface area is 98.7 Å². The van der Waals surface area contributed by atoms with Gasteiger partial charge in [-0.1, -0.05) is 12.1 Å². The van der Waals surface area contributed by atoms with Gasteiger partial charge in [0.2, 0.25) is 0 Å². The highest BCUT2D eigenvalue weighted by Gasteiger charge is 2.29. The van der Waals surface area contributed by atoms with Crippen LogP contribution < -0.4 is 10.2 Å². The van der Waals surface area contributed by atoms with E-state index in [4.69, 9.17) is 0 Å². The van der Waals surface area contributed by atoms with Crippen molar-refractivity contribution in [2.24, 2.45) is 5.92 Å². The Morgan fingerprint density at radius 2 is 1.81 bits per heavy atom. The van der Waals surface area contributed by atoms with E-state index in [1.807, 2.05) is 7.05 Å². The summed E-state index contributed by atoms with van der Waals surface area (Å²) in [5, 5.41) is 3.26. The standard InChI is InChI=1S/C14H22N2/c1-15-10-11-8-13(9-11)12-4-6-14(7-5-12)16(2)3/h4-7,11,13,15H,8-10H2,1-3H3. The normalized spacial score (nSPS) is 23.9. The lowest BCUT2D eigenvalue weighted by molar-refractivity contribution is 0.259. The molecule has 0 aliphatic heterocycles. The van der Waals surface area contributed by atoms with Gasteiger partial charge in [0, 0.05) is 19.8 Å². The molecular weight excluding hydrogens is 196 g/mol. The number of benzene rings is 1. The topological polar surface area (TPSA) is 15.3 Å². The maximum Gasteiger partial charge on any atom is 0.0361 e. The Balaban J connectivity index is 1.92. The fourth-order valence-electron chi connectivity index (χ4n) is 2.51. The molecule has 0 spiro atoms. The highest BCUT2D eigenvalue weighted by molar-refractivity contribution is 5.46. The second kappa shape index (κ2) is 4.88. The van der Waals surface area contributed by atoms with E-state index < -0.39 is 0 Å². The van der Waals surface area contributed by atoms with Crippen LogP contribution in [-0.4, -0.2) is 27.7 Å². The molecule has 88 valence electrons. The van der Waals surface area contributed by atoms with E-state index in [-0.39, 0.29) is 0 Å². The molecule has 0 atom stereocenters. The molecule has 0 unspecified atom stereocenters. The zero-order valence-electron chi connectivity index (χ0n) is 10.5. The Morgan fingerprint density at radius 1 is 1.19 bits per heavy atom. The second-order valence-electron chi connectivity index (χ2n) is 5.08. The van der Waals surface area contributed by atoms with Crippen molar-refractivity contribution in [3.05, 3.63) is 29.8 Å². The lowest BCUT2D eigenvalue weighted by atomic mass is 9.71. The van der Waals surface area contributed by atoms with E-state index in [9.17, 15) is 0 Å². The summed E-state index contributed by atoms with van der Waals surface area (Å²) >= 11 is 0. The molecule has 1 N–H and O–H groups in total. The number of anilines is 1. The van der Waals surface area contributed by atoms with Crippen LogP contribution in [0.15, 0.2) is 24.3 Å². The first-order chi connectivity index (χ1) is 7.70. The van der Waals surface area contributed by atoms with Crippen LogP contribution in [0.5, 0.6) is 0 Å². The largest absolute Gasteiger partial charge is 0.378 e. The fourth-order valence-corrected chi connectivity index (χ4v) is 2.51. The lowest BCUT2D eigenvalue weighted by Gasteiger charge is -2.35. The summed E-state index contributed by atoms with van der Waals surface area (Å²) in [5.74, 6) is 1.69. The molecule has 0 bridgehead atoms. The summed E-state index contributed by atoms with van der Waals surface area (Å²) in [4.78, 5) is 2.15. The maximum atomic E-state index is 3.26. The van der Waals surface area contributed by atoms with Gasteiger partial charge >= 0.3 is 0 Å². The van der Waals surface area contributed by atoms with Crippen LogP contribution in [0.3, 0.4) is 0 Å². The summed E-state index contributed by atoms with van der Waals surface area (Å²) in [7, 11) is 6.21. The van der Waals surface area contributed by atoms with Gasteiger partial charge < -0.3 is 10.2 Å². The SMILES string of the molecule is CNCC1CC(c2ccc(N(C)C)cc2)C1. The molecule has 2 nitrogen and oxygen atoms in total. The minimum absolute atomic E-state index is 0.801. The molecule has 1 saturated carbocycles. The van der Waals surface area contributed by atoms with Gasteiger partial charge in [0.05, 0.1) is 0 Å². The number of hydrogen-bond acceptors (Lipinski definition) is 2. The smallest absolute Gasteiger partial charge is 0.0361 e. The molecule has 1 fully saturated rings. The van der Waals surface area contributed by atoms with Gasteiger partial charge in [0.1, 0.15) is 0 Å². The first-order valence-electron chi connectivity index (χ1n) is 6.12. The monoisotopic (exact) mass is 218 g/mol. The molecule has 0 heterocycles. The summed E-state index contributed by atoms with van der Waals surface area (Å²) < 4.78 is 0. The summed E-state index contributed by atoms with van der Waals surface area (Å²) in [6.45, 7) is 1.17. The van der Waals surface area contributed by atoms with Gasteiger partial charge in [-0.25, -0.2) is 0 Å². The molecule has 1 aromatic carbocycles. The van der Waals surface area contributed by atoms with Gasteiger partial charge in [-0.15, -0.1) is 0 Å². The summed E-state index contributed by atoms with van der Waals surface area (Å²) in [6.07, 6.45) is 2.70. The van der Waals surface area contributed by atoms with Crippen molar-refractivity contribution in [3.63, 3.8) is 0 Å². The zero-order chi connectivity index (χ0) is 11.5. The molecule has 0 aromatic heterocycles. The predicted molar refractivity (Wildman–Crippen MR) is 70.2 cm³/mol. The molecule has 2 heteroatoms. The number of hydrogen-bond donors (Lipinski definition) is 1. The molecule has 2 rings (SSSR count). The van der Waals surface area contributed by atoms with E-state index in [1.54, 1.807) is 0 Å². The third-order valence-corrected chi connectivity index (χ3v) is 3.61. The molecule has 0 radical (unpaired) electrons. The number of nitrogens with one attached hydrogen (secondary N) is 1. The van der Waals surface area contributed by atoms with Gasteiger partial charge in [0.25, 0.3) is 0 Å². The van der Waals surface area contributed by atoms with Crippen LogP contribution in [0, 0.1) is 5.92 Å². The molecule has 16 heavy (non-hydrogen) atoms. The summed E-state index contributed by atoms with van der Waals surface area (Å²) in [5.41, 5.74) is 2.80. The molecular formula is C14H22N2. The first kappa shape index (κ1) is 11.5. The van der Waals surface area contributed by atoms with Crippen molar-refractivity contribution in [2.75, 3.05) is 32.6 Å². The second-order valence-corrected chi connectivity index (χ2v) is 5.08. The van der Waals surface area contributed by atoms with Gasteiger partial charge in [-0.05, 0) is 56.0 Å². The van der Waals surface area contributed by atoms with E-state index >= 15 is 0 Å². The lowest BCUT2D eigenvalue weighted by Crippen LogP contribution is -2.30. The van der Waals surface area contributed by atoms with Crippen molar-refractivity contribution in [2.45, 2.75) is 18.8 Å². The zero-order valence-corrected chi connectivity index (χ0v) is 10.5. The number of nitrogens with zero attached hydrogens (tertiary/aromatic N) is 1. The van der Waals surface area contributed by atoms with Crippen LogP contribution in [0.1, 0.15) is 24.3 Å². The minimum atomic E-state index is 0.801. The van der Waals surface area contributed by atoms with Crippen molar-refractivity contribution in [3.8, 4) is 0 Å². The van der Waals surface area contributed by atoms with E-state index in [2.05, 4.69) is 48.6 Å². The molecule has 1 aliphatic carbocycles. The highest BCUT2D eigenvalue weighted by atomic mass is 15.1. The maximum absolute atomic E-state index is 3.26. The van der Waals surface area contributed by atoms with Crippen LogP contribution in [0.2, 0.25) is 0 Å². The van der Waals surface area contributed by atoms with E-state index in [0.717, 1.165) is 11.8 Å². The Kier molecular flexibility index (Phi) is 3.49. The van der Waals surface area contributed by atoms with Crippen LogP contribution in [0.25, 0.3) is 0 Å². The van der Waals surface area contributed by atoms with Gasteiger partial charge in [-0.3, -0.25) is 0 Å². The average Bonchev–Trinajstić information content (AvgIpc) is 2.23. The predicted octanol–water partition coefficient (Wildman–Crippen LogP) is 2.47. The average molecular weight is 218 g/mol. The Morgan fingerprint density at radius 3 is 2.31 bits per heavy atom. The molecule has 0 saturated heterocycles. The van der Waals surface area contributed by atoms with Gasteiger partial charge in [-0.2, -0.15) is 0 Å². The Hall–Kier alpha value is -1.02. The quantitative estimate of drug-likeness (QED) is 0.835. The molecule has 0 amide bonds. The van der Waals surface area contributed by atoms with Crippen molar-refractivity contribution in [1.29, 1.82) is 0 Å². The van der Waals surface area contributed by atoms with E-state index in [0.29, 0.717) is 0 Å². The summed E-state index contributed by atoms with van der Waals surface area (Å²) in [6, 6.07) is 9.02. The van der Waals surface area contributed by atoms with Crippen LogP contribution in [0.4, 0.5) is 5.69 Å². The van der Waals surface area contributed by atoms with Crippen molar-refractivity contribution < 1.29 is 0 Å². The Bertz CT molecular complexity index is 323. The van der Waals surface area contributed by atoms with Gasteiger partial charge in [0.15, 0.2) is 0 Å². The van der Waals surface area contributed by atoms with E-state index in [1.165, 1.54) is 30.6 Å². The van der Waals surface area contributed by atoms with Crippen molar-refractivity contribution in [1.82, 2.24) is 5.32 Å². The first-order valence-corrected chi connectivity index (χ1v) is 6.12. The van der Waals surface area contributed by atoms with Crippen LogP contribution in [-0.2, 0) is 0 Å². The third-order valence-electron chi connectivity index (χ3n) is 3.61. The van der Waals surface area contributed by atoms with Crippen molar-refractivity contribution >= 4 is 5.69 Å². The molecule has 1 aromatic rings. The third kappa shape index (κ3) is 2.38. The fraction of sp³-hybridized carbons (Fsp3) is 0.571. The molecule has 1 aliphatic rings. The van der Waals surface area contributed by atoms with Crippen LogP contribution >= 0.6 is 0 Å². The minimum Gasteiger partial charge on any atom is -0.378 e.